The predicted octanol–water partition coefficient (Wildman–Crippen LogP) is 5.94. The molecule has 0 aliphatic rings. The van der Waals surface area contributed by atoms with Crippen LogP contribution in [0.15, 0.2) is 53.1 Å². The van der Waals surface area contributed by atoms with Gasteiger partial charge >= 0.3 is 0 Å². The molecule has 0 unspecified atom stereocenters. The Balaban J connectivity index is 1.96. The fourth-order valence-electron chi connectivity index (χ4n) is 3.96. The van der Waals surface area contributed by atoms with Gasteiger partial charge in [-0.3, -0.25) is 4.79 Å². The minimum atomic E-state index is -0.0731. The molecule has 0 saturated heterocycles. The van der Waals surface area contributed by atoms with Gasteiger partial charge in [-0.25, -0.2) is 9.67 Å². The molecule has 0 bridgehead atoms. The maximum Gasteiger partial charge on any atom is 0.259 e. The molecular weight excluding hydrogens is 388 g/mol. The van der Waals surface area contributed by atoms with E-state index in [9.17, 15) is 4.79 Å². The number of amides is 1. The number of fused-ring (bicyclic) bond motifs is 1. The van der Waals surface area contributed by atoms with Gasteiger partial charge in [0.25, 0.3) is 5.91 Å². The van der Waals surface area contributed by atoms with Gasteiger partial charge in [-0.05, 0) is 65.8 Å². The van der Waals surface area contributed by atoms with Crippen molar-refractivity contribution >= 4 is 22.6 Å². The monoisotopic (exact) mass is 416 g/mol. The summed E-state index contributed by atoms with van der Waals surface area (Å²) in [5.74, 6) is 1.52. The Hall–Kier alpha value is -3.41. The first-order valence-corrected chi connectivity index (χ1v) is 10.6. The Morgan fingerprint density at radius 2 is 1.77 bits per heavy atom. The van der Waals surface area contributed by atoms with E-state index in [0.717, 1.165) is 28.2 Å². The predicted molar refractivity (Wildman–Crippen MR) is 123 cm³/mol. The van der Waals surface area contributed by atoms with E-state index < -0.39 is 0 Å². The highest BCUT2D eigenvalue weighted by atomic mass is 16.3. The summed E-state index contributed by atoms with van der Waals surface area (Å²) in [5.41, 5.74) is 3.75. The second-order valence-electron chi connectivity index (χ2n) is 8.41. The van der Waals surface area contributed by atoms with Gasteiger partial charge in [-0.2, -0.15) is 5.10 Å². The van der Waals surface area contributed by atoms with E-state index in [0.29, 0.717) is 16.9 Å². The van der Waals surface area contributed by atoms with Crippen molar-refractivity contribution in [3.8, 4) is 11.3 Å². The molecule has 0 saturated carbocycles. The lowest BCUT2D eigenvalue weighted by Gasteiger charge is -2.27. The minimum Gasteiger partial charge on any atom is -0.466 e. The summed E-state index contributed by atoms with van der Waals surface area (Å²) in [5, 5.41) is 5.29. The van der Waals surface area contributed by atoms with Crippen molar-refractivity contribution in [1.29, 1.82) is 0 Å². The van der Waals surface area contributed by atoms with E-state index in [2.05, 4.69) is 18.9 Å². The van der Waals surface area contributed by atoms with Crippen molar-refractivity contribution in [3.05, 3.63) is 65.7 Å². The number of furan rings is 1. The lowest BCUT2D eigenvalue weighted by atomic mass is 10.0. The summed E-state index contributed by atoms with van der Waals surface area (Å²) in [6, 6.07) is 13.7. The number of hydrogen-bond donors (Lipinski definition) is 0. The normalized spacial score (nSPS) is 11.6. The van der Waals surface area contributed by atoms with Crippen LogP contribution in [0.5, 0.6) is 0 Å². The topological polar surface area (TPSA) is 64.2 Å². The third-order valence-electron chi connectivity index (χ3n) is 5.37. The molecule has 6 nitrogen and oxygen atoms in total. The van der Waals surface area contributed by atoms with E-state index in [1.165, 1.54) is 0 Å². The van der Waals surface area contributed by atoms with Crippen LogP contribution in [-0.4, -0.2) is 26.7 Å². The average Bonchev–Trinajstić information content (AvgIpc) is 3.30. The van der Waals surface area contributed by atoms with E-state index in [1.807, 2.05) is 79.7 Å². The molecule has 0 N–H and O–H groups in total. The summed E-state index contributed by atoms with van der Waals surface area (Å²) < 4.78 is 7.60. The molecule has 3 aromatic heterocycles. The van der Waals surface area contributed by atoms with Crippen LogP contribution in [0.1, 0.15) is 55.6 Å². The fourth-order valence-corrected chi connectivity index (χ4v) is 3.96. The number of aromatic nitrogens is 3. The maximum atomic E-state index is 13.9. The number of para-hydroxylation sites is 1. The number of aryl methyl sites for hydroxylation is 2. The molecule has 1 aromatic carbocycles. The van der Waals surface area contributed by atoms with Gasteiger partial charge in [0.15, 0.2) is 5.65 Å². The number of rotatable bonds is 5. The van der Waals surface area contributed by atoms with E-state index in [1.54, 1.807) is 6.20 Å². The second kappa shape index (κ2) is 8.02. The Morgan fingerprint density at radius 3 is 2.35 bits per heavy atom. The standard InChI is InChI=1S/C25H28N4O2/c1-15(2)28(19-10-8-7-9-11-19)25(30)21-13-23(20-12-17(5)31-18(20)6)27-24-22(21)14-26-29(24)16(3)4/h7-16H,1-6H3. The maximum absolute atomic E-state index is 13.9. The number of benzene rings is 1. The van der Waals surface area contributed by atoms with Crippen molar-refractivity contribution < 1.29 is 9.21 Å². The zero-order chi connectivity index (χ0) is 22.3. The van der Waals surface area contributed by atoms with Crippen LogP contribution in [0.25, 0.3) is 22.3 Å². The summed E-state index contributed by atoms with van der Waals surface area (Å²) in [7, 11) is 0. The van der Waals surface area contributed by atoms with E-state index in [4.69, 9.17) is 9.40 Å². The molecule has 31 heavy (non-hydrogen) atoms. The van der Waals surface area contributed by atoms with Crippen LogP contribution < -0.4 is 4.90 Å². The third-order valence-corrected chi connectivity index (χ3v) is 5.37. The molecular formula is C25H28N4O2. The van der Waals surface area contributed by atoms with Crippen LogP contribution >= 0.6 is 0 Å². The first kappa shape index (κ1) is 20.8. The number of pyridine rings is 1. The van der Waals surface area contributed by atoms with Crippen molar-refractivity contribution in [2.24, 2.45) is 0 Å². The van der Waals surface area contributed by atoms with Gasteiger partial charge in [0.05, 0.1) is 22.8 Å². The van der Waals surface area contributed by atoms with Gasteiger partial charge in [0, 0.05) is 23.3 Å². The first-order valence-electron chi connectivity index (χ1n) is 10.6. The second-order valence-corrected chi connectivity index (χ2v) is 8.41. The van der Waals surface area contributed by atoms with Crippen LogP contribution in [0.2, 0.25) is 0 Å². The SMILES string of the molecule is Cc1cc(-c2cc(C(=O)N(c3ccccc3)C(C)C)c3cnn(C(C)C)c3n2)c(C)o1. The highest BCUT2D eigenvalue weighted by molar-refractivity contribution is 6.14. The molecule has 0 aliphatic heterocycles. The minimum absolute atomic E-state index is 0.0142. The smallest absolute Gasteiger partial charge is 0.259 e. The quantitative estimate of drug-likeness (QED) is 0.404. The summed E-state index contributed by atoms with van der Waals surface area (Å²) >= 11 is 0. The molecule has 0 spiro atoms. The Morgan fingerprint density at radius 1 is 1.06 bits per heavy atom. The van der Waals surface area contributed by atoms with Crippen LogP contribution in [0.3, 0.4) is 0 Å². The Bertz CT molecular complexity index is 1240. The molecule has 1 amide bonds. The lowest BCUT2D eigenvalue weighted by Crippen LogP contribution is -2.37. The van der Waals surface area contributed by atoms with Gasteiger partial charge in [-0.1, -0.05) is 18.2 Å². The number of nitrogens with zero attached hydrogens (tertiary/aromatic N) is 4. The Labute approximate surface area is 182 Å². The molecule has 0 radical (unpaired) electrons. The van der Waals surface area contributed by atoms with Gasteiger partial charge in [0.2, 0.25) is 0 Å². The zero-order valence-electron chi connectivity index (χ0n) is 18.9. The van der Waals surface area contributed by atoms with E-state index >= 15 is 0 Å². The highest BCUT2D eigenvalue weighted by Crippen LogP contribution is 2.31. The number of carbonyl (C=O) groups is 1. The van der Waals surface area contributed by atoms with Gasteiger partial charge in [0.1, 0.15) is 11.5 Å². The van der Waals surface area contributed by atoms with Gasteiger partial charge in [-0.15, -0.1) is 0 Å². The van der Waals surface area contributed by atoms with Crippen LogP contribution in [0.4, 0.5) is 5.69 Å². The number of anilines is 1. The molecule has 0 atom stereocenters. The van der Waals surface area contributed by atoms with Crippen molar-refractivity contribution in [3.63, 3.8) is 0 Å². The van der Waals surface area contributed by atoms with Crippen molar-refractivity contribution in [1.82, 2.24) is 14.8 Å². The van der Waals surface area contributed by atoms with Crippen molar-refractivity contribution in [2.75, 3.05) is 4.90 Å². The number of hydrogen-bond acceptors (Lipinski definition) is 4. The lowest BCUT2D eigenvalue weighted by molar-refractivity contribution is 0.0982. The molecule has 160 valence electrons. The molecule has 0 aliphatic carbocycles. The fraction of sp³-hybridized carbons (Fsp3) is 0.320. The molecule has 6 heteroatoms. The van der Waals surface area contributed by atoms with Gasteiger partial charge < -0.3 is 9.32 Å². The molecule has 3 heterocycles. The summed E-state index contributed by atoms with van der Waals surface area (Å²) in [6.45, 7) is 12.0. The van der Waals surface area contributed by atoms with Crippen molar-refractivity contribution in [2.45, 2.75) is 53.6 Å². The van der Waals surface area contributed by atoms with Crippen LogP contribution in [-0.2, 0) is 0 Å². The Kier molecular flexibility index (Phi) is 5.39. The number of carbonyl (C=O) groups excluding carboxylic acids is 1. The first-order chi connectivity index (χ1) is 14.8. The highest BCUT2D eigenvalue weighted by Gasteiger charge is 2.26. The summed E-state index contributed by atoms with van der Waals surface area (Å²) in [4.78, 5) is 20.6. The third kappa shape index (κ3) is 3.74. The zero-order valence-corrected chi connectivity index (χ0v) is 18.9. The molecule has 4 aromatic rings. The average molecular weight is 417 g/mol. The summed E-state index contributed by atoms with van der Waals surface area (Å²) in [6.07, 6.45) is 1.75. The molecule has 0 fully saturated rings. The van der Waals surface area contributed by atoms with Crippen LogP contribution in [0, 0.1) is 13.8 Å². The molecule has 4 rings (SSSR count). The van der Waals surface area contributed by atoms with E-state index in [-0.39, 0.29) is 18.0 Å². The largest absolute Gasteiger partial charge is 0.466 e.